The van der Waals surface area contributed by atoms with Gasteiger partial charge in [-0.25, -0.2) is 13.2 Å². The average Bonchev–Trinajstić information content (AvgIpc) is 3.27. The van der Waals surface area contributed by atoms with Crippen LogP contribution >= 0.6 is 0 Å². The Morgan fingerprint density at radius 3 is 2.49 bits per heavy atom. The minimum Gasteiger partial charge on any atom is -0.339 e. The van der Waals surface area contributed by atoms with Crippen LogP contribution in [-0.2, 0) is 0 Å². The largest absolute Gasteiger partial charge is 0.339 e. The molecule has 1 aromatic carbocycles. The molecule has 37 heavy (non-hydrogen) atoms. The van der Waals surface area contributed by atoms with Crippen molar-refractivity contribution in [3.63, 3.8) is 0 Å². The summed E-state index contributed by atoms with van der Waals surface area (Å²) in [5, 5.41) is 1.08. The molecule has 0 unspecified atom stereocenters. The van der Waals surface area contributed by atoms with Gasteiger partial charge in [-0.2, -0.15) is 0 Å². The van der Waals surface area contributed by atoms with Crippen molar-refractivity contribution in [3.05, 3.63) is 59.8 Å². The Balaban J connectivity index is 1.44. The van der Waals surface area contributed by atoms with Gasteiger partial charge >= 0.3 is 0 Å². The molecule has 5 rings (SSSR count). The molecule has 2 fully saturated rings. The summed E-state index contributed by atoms with van der Waals surface area (Å²) in [7, 11) is 1.73. The summed E-state index contributed by atoms with van der Waals surface area (Å²) in [6.45, 7) is 4.80. The lowest BCUT2D eigenvalue weighted by Crippen LogP contribution is -2.46. The van der Waals surface area contributed by atoms with E-state index >= 15 is 0 Å². The molecule has 198 valence electrons. The average molecular weight is 513 g/mol. The summed E-state index contributed by atoms with van der Waals surface area (Å²) >= 11 is 0. The molecule has 2 aliphatic rings. The second-order valence-corrected chi connectivity index (χ2v) is 10.9. The normalized spacial score (nSPS) is 22.5. The number of fused-ring (bicyclic) bond motifs is 1. The van der Waals surface area contributed by atoms with Crippen LogP contribution in [0.1, 0.15) is 74.2 Å². The first-order chi connectivity index (χ1) is 17.6. The van der Waals surface area contributed by atoms with E-state index in [1.54, 1.807) is 30.4 Å². The highest BCUT2D eigenvalue weighted by molar-refractivity contribution is 5.99. The van der Waals surface area contributed by atoms with Gasteiger partial charge in [0.15, 0.2) is 0 Å². The number of nitrogens with zero attached hydrogens (tertiary/aromatic N) is 4. The smallest absolute Gasteiger partial charge is 0.256 e. The van der Waals surface area contributed by atoms with Crippen LogP contribution in [0.5, 0.6) is 0 Å². The van der Waals surface area contributed by atoms with Gasteiger partial charge in [-0.3, -0.25) is 14.7 Å². The van der Waals surface area contributed by atoms with Crippen molar-refractivity contribution in [1.82, 2.24) is 19.4 Å². The molecule has 8 heteroatoms. The van der Waals surface area contributed by atoms with Crippen LogP contribution in [0.3, 0.4) is 0 Å². The monoisotopic (exact) mass is 512 g/mol. The molecule has 1 amide bonds. The van der Waals surface area contributed by atoms with E-state index in [0.717, 1.165) is 36.6 Å². The molecule has 0 bridgehead atoms. The van der Waals surface area contributed by atoms with Gasteiger partial charge in [0.25, 0.3) is 11.8 Å². The molecule has 3 aromatic rings. The van der Waals surface area contributed by atoms with Crippen molar-refractivity contribution < 1.29 is 18.0 Å². The summed E-state index contributed by atoms with van der Waals surface area (Å²) < 4.78 is 43.5. The third kappa shape index (κ3) is 5.13. The number of carbonyl (C=O) groups excluding carboxylic acids is 1. The number of rotatable bonds is 5. The quantitative estimate of drug-likeness (QED) is 0.397. The lowest BCUT2D eigenvalue weighted by atomic mass is 9.80. The molecule has 0 spiro atoms. The number of aromatic nitrogens is 2. The van der Waals surface area contributed by atoms with E-state index in [-0.39, 0.29) is 24.8 Å². The maximum atomic E-state index is 14.3. The zero-order chi connectivity index (χ0) is 26.3. The molecule has 0 N–H and O–H groups in total. The highest BCUT2D eigenvalue weighted by Gasteiger charge is 2.37. The first-order valence-electron chi connectivity index (χ1n) is 13.3. The highest BCUT2D eigenvalue weighted by Crippen LogP contribution is 2.41. The second kappa shape index (κ2) is 10.1. The fourth-order valence-electron chi connectivity index (χ4n) is 5.91. The molecular weight excluding hydrogens is 477 g/mol. The Morgan fingerprint density at radius 1 is 1.11 bits per heavy atom. The molecule has 1 saturated carbocycles. The molecular formula is C29H35F3N4O. The van der Waals surface area contributed by atoms with E-state index in [9.17, 15) is 18.0 Å². The molecule has 0 atom stereocenters. The van der Waals surface area contributed by atoms with Gasteiger partial charge in [-0.1, -0.05) is 0 Å². The first kappa shape index (κ1) is 25.8. The first-order valence-corrected chi connectivity index (χ1v) is 13.3. The van der Waals surface area contributed by atoms with Crippen molar-refractivity contribution in [2.45, 2.75) is 76.3 Å². The topological polar surface area (TPSA) is 41.4 Å². The van der Waals surface area contributed by atoms with E-state index in [4.69, 9.17) is 0 Å². The maximum absolute atomic E-state index is 14.3. The van der Waals surface area contributed by atoms with Crippen LogP contribution < -0.4 is 0 Å². The number of piperidine rings is 1. The van der Waals surface area contributed by atoms with Gasteiger partial charge in [-0.05, 0) is 75.3 Å². The Morgan fingerprint density at radius 2 is 1.81 bits per heavy atom. The van der Waals surface area contributed by atoms with Gasteiger partial charge in [0.05, 0.1) is 23.0 Å². The van der Waals surface area contributed by atoms with E-state index in [0.29, 0.717) is 36.3 Å². The van der Waals surface area contributed by atoms with E-state index in [2.05, 4.69) is 16.1 Å². The fraction of sp³-hybridized carbons (Fsp3) is 0.517. The summed E-state index contributed by atoms with van der Waals surface area (Å²) in [6.07, 6.45) is 9.48. The van der Waals surface area contributed by atoms with Crippen LogP contribution in [0.4, 0.5) is 13.2 Å². The van der Waals surface area contributed by atoms with Crippen LogP contribution in [0.25, 0.3) is 16.6 Å². The van der Waals surface area contributed by atoms with Gasteiger partial charge in [0, 0.05) is 62.8 Å². The van der Waals surface area contributed by atoms with Gasteiger partial charge < -0.3 is 9.47 Å². The SMILES string of the molecule is CC(C)N(C)C(=O)c1cc(F)ccc1-n1cc(C2CCC(N3CCC(F)(F)CC3)CC2)c2ccncc21. The number of carbonyl (C=O) groups is 1. The molecule has 5 nitrogen and oxygen atoms in total. The summed E-state index contributed by atoms with van der Waals surface area (Å²) in [6, 6.07) is 6.70. The molecule has 1 aliphatic carbocycles. The van der Waals surface area contributed by atoms with Crippen molar-refractivity contribution >= 4 is 16.8 Å². The van der Waals surface area contributed by atoms with Crippen LogP contribution in [-0.4, -0.2) is 63.4 Å². The van der Waals surface area contributed by atoms with E-state index in [1.165, 1.54) is 17.7 Å². The Kier molecular flexibility index (Phi) is 7.05. The van der Waals surface area contributed by atoms with Gasteiger partial charge in [0.2, 0.25) is 0 Å². The number of pyridine rings is 1. The van der Waals surface area contributed by atoms with Crippen molar-refractivity contribution in [1.29, 1.82) is 0 Å². The van der Waals surface area contributed by atoms with Crippen molar-refractivity contribution in [2.75, 3.05) is 20.1 Å². The van der Waals surface area contributed by atoms with E-state index in [1.807, 2.05) is 24.5 Å². The number of alkyl halides is 2. The Bertz CT molecular complexity index is 1270. The van der Waals surface area contributed by atoms with Crippen LogP contribution in [0, 0.1) is 5.82 Å². The zero-order valence-electron chi connectivity index (χ0n) is 21.8. The lowest BCUT2D eigenvalue weighted by molar-refractivity contribution is -0.0659. The zero-order valence-corrected chi connectivity index (χ0v) is 21.8. The molecule has 2 aromatic heterocycles. The maximum Gasteiger partial charge on any atom is 0.256 e. The number of hydrogen-bond donors (Lipinski definition) is 0. The molecule has 1 saturated heterocycles. The molecule has 3 heterocycles. The number of hydrogen-bond acceptors (Lipinski definition) is 3. The van der Waals surface area contributed by atoms with Gasteiger partial charge in [-0.15, -0.1) is 0 Å². The molecule has 1 aliphatic heterocycles. The standard InChI is InChI=1S/C29H35F3N4O/c1-19(2)34(3)28(37)24-16-21(30)6-9-26(24)36-18-25(23-10-13-33-17-27(23)36)20-4-7-22(8-5-20)35-14-11-29(31,32)12-15-35/h6,9-10,13,16-20,22H,4-5,7-8,11-12,14-15H2,1-3H3. The number of amides is 1. The Labute approximate surface area is 216 Å². The van der Waals surface area contributed by atoms with Gasteiger partial charge in [0.1, 0.15) is 5.82 Å². The predicted molar refractivity (Wildman–Crippen MR) is 139 cm³/mol. The van der Waals surface area contributed by atoms with Crippen molar-refractivity contribution in [3.8, 4) is 5.69 Å². The summed E-state index contributed by atoms with van der Waals surface area (Å²) in [5.74, 6) is -2.88. The van der Waals surface area contributed by atoms with Crippen molar-refractivity contribution in [2.24, 2.45) is 0 Å². The third-order valence-corrected chi connectivity index (χ3v) is 8.36. The molecule has 0 radical (unpaired) electrons. The van der Waals surface area contributed by atoms with Crippen LogP contribution in [0.15, 0.2) is 42.9 Å². The highest BCUT2D eigenvalue weighted by atomic mass is 19.3. The third-order valence-electron chi connectivity index (χ3n) is 8.36. The lowest BCUT2D eigenvalue weighted by Gasteiger charge is -2.40. The number of likely N-dealkylation sites (tertiary alicyclic amines) is 1. The minimum atomic E-state index is -2.52. The fourth-order valence-corrected chi connectivity index (χ4v) is 5.91. The summed E-state index contributed by atoms with van der Waals surface area (Å²) in [4.78, 5) is 21.5. The minimum absolute atomic E-state index is 0.0245. The predicted octanol–water partition coefficient (Wildman–Crippen LogP) is 6.40. The summed E-state index contributed by atoms with van der Waals surface area (Å²) in [5.41, 5.74) is 3.02. The Hall–Kier alpha value is -2.87. The van der Waals surface area contributed by atoms with E-state index < -0.39 is 11.7 Å². The van der Waals surface area contributed by atoms with Crippen LogP contribution in [0.2, 0.25) is 0 Å². The number of benzene rings is 1. The number of halogens is 3. The second-order valence-electron chi connectivity index (χ2n) is 10.9.